The summed E-state index contributed by atoms with van der Waals surface area (Å²) in [6, 6.07) is 15.0. The molecule has 0 aliphatic carbocycles. The number of hydrogen-bond acceptors (Lipinski definition) is 9. The number of rotatable bonds is 9. The highest BCUT2D eigenvalue weighted by atomic mass is 32.1. The Morgan fingerprint density at radius 1 is 0.971 bits per heavy atom. The van der Waals surface area contributed by atoms with E-state index in [-0.39, 0.29) is 10.8 Å². The van der Waals surface area contributed by atoms with E-state index in [1.807, 2.05) is 6.92 Å². The molecule has 2 amide bonds. The Bertz CT molecular complexity index is 1300. The molecule has 0 spiro atoms. The van der Waals surface area contributed by atoms with Crippen molar-refractivity contribution in [3.8, 4) is 11.4 Å². The molecule has 2 aromatic carbocycles. The molecule has 0 radical (unpaired) electrons. The number of ether oxygens (including phenoxy) is 2. The average molecular weight is 493 g/mol. The number of nitrogens with zero attached hydrogens (tertiary/aromatic N) is 4. The van der Waals surface area contributed by atoms with Gasteiger partial charge in [0.25, 0.3) is 11.8 Å². The highest BCUT2D eigenvalue weighted by Crippen LogP contribution is 2.21. The molecule has 35 heavy (non-hydrogen) atoms. The topological polar surface area (TPSA) is 137 Å². The van der Waals surface area contributed by atoms with Crippen molar-refractivity contribution in [1.82, 2.24) is 20.2 Å². The lowest BCUT2D eigenvalue weighted by atomic mass is 10.2. The highest BCUT2D eigenvalue weighted by Gasteiger charge is 2.18. The van der Waals surface area contributed by atoms with Crippen LogP contribution in [0.15, 0.2) is 66.3 Å². The van der Waals surface area contributed by atoms with Crippen LogP contribution in [-0.4, -0.2) is 51.2 Å². The molecule has 0 saturated heterocycles. The SMILES string of the molecule is CCOc1ccc(NC(=O)c2ccc(NC(=O)COC(=O)c3sccc3-n3cnnn3)cc2)cc1. The molecule has 0 fully saturated rings. The Hall–Kier alpha value is -4.58. The van der Waals surface area contributed by atoms with Crippen LogP contribution in [0.1, 0.15) is 27.0 Å². The van der Waals surface area contributed by atoms with Crippen LogP contribution in [0.2, 0.25) is 0 Å². The number of benzene rings is 2. The number of esters is 1. The monoisotopic (exact) mass is 492 g/mol. The fraction of sp³-hybridized carbons (Fsp3) is 0.130. The van der Waals surface area contributed by atoms with Crippen LogP contribution >= 0.6 is 11.3 Å². The summed E-state index contributed by atoms with van der Waals surface area (Å²) in [5.41, 5.74) is 1.96. The lowest BCUT2D eigenvalue weighted by Crippen LogP contribution is -2.21. The second-order valence-corrected chi connectivity index (χ2v) is 7.92. The van der Waals surface area contributed by atoms with E-state index in [0.29, 0.717) is 29.2 Å². The zero-order chi connectivity index (χ0) is 24.6. The fourth-order valence-electron chi connectivity index (χ4n) is 3.01. The average Bonchev–Trinajstić information content (AvgIpc) is 3.56. The van der Waals surface area contributed by atoms with Gasteiger partial charge in [-0.2, -0.15) is 4.68 Å². The number of anilines is 2. The van der Waals surface area contributed by atoms with Crippen LogP contribution in [-0.2, 0) is 9.53 Å². The Morgan fingerprint density at radius 2 is 1.69 bits per heavy atom. The van der Waals surface area contributed by atoms with Gasteiger partial charge in [0.1, 0.15) is 17.0 Å². The summed E-state index contributed by atoms with van der Waals surface area (Å²) in [5.74, 6) is -0.762. The Kier molecular flexibility index (Phi) is 7.43. The molecule has 0 unspecified atom stereocenters. The van der Waals surface area contributed by atoms with Gasteiger partial charge in [-0.25, -0.2) is 4.79 Å². The number of carbonyl (C=O) groups excluding carboxylic acids is 3. The van der Waals surface area contributed by atoms with E-state index < -0.39 is 18.5 Å². The maximum absolute atomic E-state index is 12.5. The number of tetrazole rings is 1. The molecule has 0 aliphatic rings. The standard InChI is InChI=1S/C23H20N6O5S/c1-2-33-18-9-7-17(8-10-18)26-22(31)15-3-5-16(6-4-15)25-20(30)13-34-23(32)21-19(11-12-35-21)29-14-24-27-28-29/h3-12,14H,2,13H2,1H3,(H,25,30)(H,26,31). The minimum atomic E-state index is -0.665. The zero-order valence-corrected chi connectivity index (χ0v) is 19.3. The third-order valence-electron chi connectivity index (χ3n) is 4.61. The maximum atomic E-state index is 12.5. The van der Waals surface area contributed by atoms with Gasteiger partial charge < -0.3 is 20.1 Å². The highest BCUT2D eigenvalue weighted by molar-refractivity contribution is 7.12. The van der Waals surface area contributed by atoms with Gasteiger partial charge in [0.05, 0.1) is 12.3 Å². The molecule has 12 heteroatoms. The van der Waals surface area contributed by atoms with Gasteiger partial charge in [-0.3, -0.25) is 9.59 Å². The number of carbonyl (C=O) groups is 3. The van der Waals surface area contributed by atoms with Gasteiger partial charge in [0.2, 0.25) is 0 Å². The molecule has 0 atom stereocenters. The molecule has 4 rings (SSSR count). The van der Waals surface area contributed by atoms with E-state index in [2.05, 4.69) is 26.2 Å². The first-order valence-corrected chi connectivity index (χ1v) is 11.3. The molecule has 0 saturated carbocycles. The van der Waals surface area contributed by atoms with Crippen LogP contribution in [0.3, 0.4) is 0 Å². The smallest absolute Gasteiger partial charge is 0.351 e. The third kappa shape index (κ3) is 6.06. The van der Waals surface area contributed by atoms with Crippen molar-refractivity contribution < 1.29 is 23.9 Å². The molecule has 178 valence electrons. The fourth-order valence-corrected chi connectivity index (χ4v) is 3.78. The Labute approximate surface area is 203 Å². The van der Waals surface area contributed by atoms with Crippen molar-refractivity contribution in [3.63, 3.8) is 0 Å². The van der Waals surface area contributed by atoms with Crippen molar-refractivity contribution in [2.75, 3.05) is 23.8 Å². The third-order valence-corrected chi connectivity index (χ3v) is 5.50. The molecular weight excluding hydrogens is 472 g/mol. The summed E-state index contributed by atoms with van der Waals surface area (Å²) in [4.78, 5) is 37.3. The van der Waals surface area contributed by atoms with Crippen molar-refractivity contribution in [2.24, 2.45) is 0 Å². The largest absolute Gasteiger partial charge is 0.494 e. The normalized spacial score (nSPS) is 10.4. The van der Waals surface area contributed by atoms with Crippen LogP contribution < -0.4 is 15.4 Å². The van der Waals surface area contributed by atoms with Gasteiger partial charge in [0, 0.05) is 16.9 Å². The summed E-state index contributed by atoms with van der Waals surface area (Å²) in [6.07, 6.45) is 1.35. The van der Waals surface area contributed by atoms with Gasteiger partial charge in [0.15, 0.2) is 6.61 Å². The predicted octanol–water partition coefficient (Wildman–Crippen LogP) is 3.17. The second-order valence-electron chi connectivity index (χ2n) is 7.00. The number of aromatic nitrogens is 4. The minimum absolute atomic E-state index is 0.271. The van der Waals surface area contributed by atoms with Crippen LogP contribution in [0.4, 0.5) is 11.4 Å². The van der Waals surface area contributed by atoms with Gasteiger partial charge >= 0.3 is 5.97 Å². The first kappa shape index (κ1) is 23.6. The summed E-state index contributed by atoms with van der Waals surface area (Å²) < 4.78 is 11.8. The number of amides is 2. The van der Waals surface area contributed by atoms with Crippen molar-refractivity contribution in [3.05, 3.63) is 76.7 Å². The van der Waals surface area contributed by atoms with Crippen LogP contribution in [0, 0.1) is 0 Å². The summed E-state index contributed by atoms with van der Waals surface area (Å²) in [6.45, 7) is 1.98. The molecular formula is C23H20N6O5S. The van der Waals surface area contributed by atoms with Gasteiger partial charge in [-0.1, -0.05) is 0 Å². The maximum Gasteiger partial charge on any atom is 0.351 e. The molecule has 2 aromatic heterocycles. The van der Waals surface area contributed by atoms with E-state index in [9.17, 15) is 14.4 Å². The zero-order valence-electron chi connectivity index (χ0n) is 18.5. The molecule has 2 heterocycles. The first-order chi connectivity index (χ1) is 17.0. The number of hydrogen-bond donors (Lipinski definition) is 2. The van der Waals surface area contributed by atoms with Crippen LogP contribution in [0.25, 0.3) is 5.69 Å². The number of nitrogens with one attached hydrogen (secondary N) is 2. The lowest BCUT2D eigenvalue weighted by Gasteiger charge is -2.09. The molecule has 0 bridgehead atoms. The molecule has 2 N–H and O–H groups in total. The summed E-state index contributed by atoms with van der Waals surface area (Å²) >= 11 is 1.15. The summed E-state index contributed by atoms with van der Waals surface area (Å²) in [5, 5.41) is 17.9. The number of thiophene rings is 1. The molecule has 11 nitrogen and oxygen atoms in total. The minimum Gasteiger partial charge on any atom is -0.494 e. The molecule has 0 aliphatic heterocycles. The Morgan fingerprint density at radius 3 is 2.37 bits per heavy atom. The van der Waals surface area contributed by atoms with Crippen molar-refractivity contribution >= 4 is 40.5 Å². The van der Waals surface area contributed by atoms with E-state index in [1.54, 1.807) is 60.0 Å². The summed E-state index contributed by atoms with van der Waals surface area (Å²) in [7, 11) is 0. The van der Waals surface area contributed by atoms with E-state index in [4.69, 9.17) is 9.47 Å². The van der Waals surface area contributed by atoms with Gasteiger partial charge in [-0.15, -0.1) is 16.4 Å². The Balaban J connectivity index is 1.27. The van der Waals surface area contributed by atoms with E-state index >= 15 is 0 Å². The van der Waals surface area contributed by atoms with Crippen molar-refractivity contribution in [2.45, 2.75) is 6.92 Å². The van der Waals surface area contributed by atoms with Crippen LogP contribution in [0.5, 0.6) is 5.75 Å². The van der Waals surface area contributed by atoms with E-state index in [0.717, 1.165) is 17.1 Å². The quantitative estimate of drug-likeness (QED) is 0.340. The predicted molar refractivity (Wildman–Crippen MR) is 128 cm³/mol. The second kappa shape index (κ2) is 11.0. The lowest BCUT2D eigenvalue weighted by molar-refractivity contribution is -0.119. The van der Waals surface area contributed by atoms with Crippen molar-refractivity contribution in [1.29, 1.82) is 0 Å². The first-order valence-electron chi connectivity index (χ1n) is 10.5. The molecule has 4 aromatic rings. The van der Waals surface area contributed by atoms with Gasteiger partial charge in [-0.05, 0) is 77.3 Å². The van der Waals surface area contributed by atoms with E-state index in [1.165, 1.54) is 11.0 Å².